The second-order valence-electron chi connectivity index (χ2n) is 6.25. The van der Waals surface area contributed by atoms with E-state index < -0.39 is 5.61 Å². The van der Waals surface area contributed by atoms with Crippen molar-refractivity contribution in [3.63, 3.8) is 0 Å². The molecule has 2 aromatic rings. The Kier molecular flexibility index (Phi) is 5.45. The van der Waals surface area contributed by atoms with E-state index in [0.717, 1.165) is 0 Å². The van der Waals surface area contributed by atoms with Crippen molar-refractivity contribution in [3.05, 3.63) is 60.7 Å². The fourth-order valence-corrected chi connectivity index (χ4v) is 11.1. The van der Waals surface area contributed by atoms with Crippen LogP contribution in [0.3, 0.4) is 0 Å². The second-order valence-corrected chi connectivity index (χ2v) is 14.1. The fourth-order valence-electron chi connectivity index (χ4n) is 2.87. The minimum atomic E-state index is -2.86. The first-order chi connectivity index (χ1) is 10.4. The van der Waals surface area contributed by atoms with Crippen molar-refractivity contribution in [2.24, 2.45) is 0 Å². The van der Waals surface area contributed by atoms with Gasteiger partial charge in [-0.3, -0.25) is 0 Å². The van der Waals surface area contributed by atoms with Crippen LogP contribution in [0.25, 0.3) is 0 Å². The van der Waals surface area contributed by atoms with E-state index in [9.17, 15) is 0 Å². The third-order valence-electron chi connectivity index (χ3n) is 3.48. The molecule has 0 aliphatic carbocycles. The van der Waals surface area contributed by atoms with E-state index in [1.165, 1.54) is 10.6 Å². The molecule has 0 heterocycles. The van der Waals surface area contributed by atoms with Gasteiger partial charge in [0.1, 0.15) is 0 Å². The Morgan fingerprint density at radius 2 is 1.00 bits per heavy atom. The van der Waals surface area contributed by atoms with Crippen LogP contribution in [-0.2, 0) is 0 Å². The van der Waals surface area contributed by atoms with Gasteiger partial charge in [-0.1, -0.05) is 0 Å². The van der Waals surface area contributed by atoms with Gasteiger partial charge in [0.2, 0.25) is 0 Å². The van der Waals surface area contributed by atoms with Gasteiger partial charge < -0.3 is 0 Å². The van der Waals surface area contributed by atoms with Gasteiger partial charge >= 0.3 is 142 Å². The van der Waals surface area contributed by atoms with Gasteiger partial charge in [-0.2, -0.15) is 0 Å². The summed E-state index contributed by atoms with van der Waals surface area (Å²) in [6.07, 6.45) is 0. The van der Waals surface area contributed by atoms with E-state index in [4.69, 9.17) is 0 Å². The van der Waals surface area contributed by atoms with Crippen molar-refractivity contribution in [2.75, 3.05) is 0 Å². The number of halogens is 1. The Bertz CT molecular complexity index is 545. The normalized spacial score (nSPS) is 14.0. The molecule has 22 heavy (non-hydrogen) atoms. The van der Waals surface area contributed by atoms with Crippen molar-refractivity contribution < 1.29 is 0 Å². The molecule has 0 atom stereocenters. The third-order valence-corrected chi connectivity index (χ3v) is 11.7. The molecule has 0 amide bonds. The Morgan fingerprint density at radius 1 is 0.682 bits per heavy atom. The Balaban J connectivity index is 2.75. The summed E-state index contributed by atoms with van der Waals surface area (Å²) in [4.78, 5) is 0. The van der Waals surface area contributed by atoms with Crippen LogP contribution < -0.4 is 20.8 Å². The number of rotatable bonds is 6. The van der Waals surface area contributed by atoms with Crippen molar-refractivity contribution in [2.45, 2.75) is 39.8 Å². The first-order valence-electron chi connectivity index (χ1n) is 7.77. The van der Waals surface area contributed by atoms with E-state index >= 15 is 0 Å². The van der Waals surface area contributed by atoms with Gasteiger partial charge in [-0.25, -0.2) is 0 Å². The van der Waals surface area contributed by atoms with Crippen LogP contribution in [0.4, 0.5) is 0 Å². The zero-order chi connectivity index (χ0) is 16.2. The summed E-state index contributed by atoms with van der Waals surface area (Å²) >= 11 is 4.22. The predicted octanol–water partition coefficient (Wildman–Crippen LogP) is 4.33. The van der Waals surface area contributed by atoms with Gasteiger partial charge in [0, 0.05) is 0 Å². The summed E-state index contributed by atoms with van der Waals surface area (Å²) in [7, 11) is 0. The standard InChI is InChI=1S/C18H26BrN2P/c1-15(2)20-22(19,21-16(3)4,17-11-7-5-8-12-17)18-13-9-6-10-14-18/h5-16,20-21H,1-4H3. The quantitative estimate of drug-likeness (QED) is 0.728. The number of hydrogen-bond donors (Lipinski definition) is 2. The number of hydrogen-bond acceptors (Lipinski definition) is 2. The van der Waals surface area contributed by atoms with E-state index in [1.807, 2.05) is 0 Å². The zero-order valence-corrected chi connectivity index (χ0v) is 16.2. The molecule has 0 unspecified atom stereocenters. The van der Waals surface area contributed by atoms with Gasteiger partial charge in [0.25, 0.3) is 0 Å². The SMILES string of the molecule is CC(C)NP(Br)(NC(C)C)(c1ccccc1)c1ccccc1. The molecule has 0 spiro atoms. The van der Waals surface area contributed by atoms with Gasteiger partial charge in [-0.15, -0.1) is 0 Å². The fraction of sp³-hybridized carbons (Fsp3) is 0.333. The molecule has 0 aromatic heterocycles. The van der Waals surface area contributed by atoms with E-state index in [2.05, 4.69) is 114 Å². The topological polar surface area (TPSA) is 24.1 Å². The molecule has 2 nitrogen and oxygen atoms in total. The first-order valence-corrected chi connectivity index (χ1v) is 12.0. The summed E-state index contributed by atoms with van der Waals surface area (Å²) in [5.74, 6) is 0. The third kappa shape index (κ3) is 3.44. The molecule has 2 N–H and O–H groups in total. The molecule has 0 aliphatic rings. The molecular weight excluding hydrogens is 355 g/mol. The molecular formula is C18H26BrN2P. The Hall–Kier alpha value is -0.730. The summed E-state index contributed by atoms with van der Waals surface area (Å²) in [5.41, 5.74) is -2.86. The molecule has 4 heteroatoms. The van der Waals surface area contributed by atoms with Crippen LogP contribution in [0.5, 0.6) is 0 Å². The summed E-state index contributed by atoms with van der Waals surface area (Å²) in [5, 5.41) is 10.3. The number of nitrogens with one attached hydrogen (secondary N) is 2. The molecule has 0 fully saturated rings. The maximum atomic E-state index is 4.22. The zero-order valence-electron chi connectivity index (χ0n) is 13.8. The van der Waals surface area contributed by atoms with Crippen molar-refractivity contribution in [1.82, 2.24) is 10.2 Å². The molecule has 120 valence electrons. The summed E-state index contributed by atoms with van der Waals surface area (Å²) in [6, 6.07) is 22.0. The van der Waals surface area contributed by atoms with Crippen LogP contribution in [0.2, 0.25) is 0 Å². The van der Waals surface area contributed by atoms with Gasteiger partial charge in [-0.05, 0) is 0 Å². The molecule has 2 rings (SSSR count). The van der Waals surface area contributed by atoms with Crippen LogP contribution in [0.15, 0.2) is 60.7 Å². The first kappa shape index (κ1) is 17.6. The molecule has 2 aromatic carbocycles. The summed E-state index contributed by atoms with van der Waals surface area (Å²) in [6.45, 7) is 8.76. The van der Waals surface area contributed by atoms with E-state index in [-0.39, 0.29) is 0 Å². The van der Waals surface area contributed by atoms with E-state index in [0.29, 0.717) is 12.1 Å². The molecule has 0 bridgehead atoms. The van der Waals surface area contributed by atoms with Gasteiger partial charge in [0.15, 0.2) is 0 Å². The molecule has 0 saturated carbocycles. The molecule has 0 aliphatic heterocycles. The molecule has 0 radical (unpaired) electrons. The Labute approximate surface area is 142 Å². The average molecular weight is 381 g/mol. The number of benzene rings is 2. The molecule has 0 saturated heterocycles. The monoisotopic (exact) mass is 380 g/mol. The van der Waals surface area contributed by atoms with Crippen LogP contribution in [0.1, 0.15) is 27.7 Å². The van der Waals surface area contributed by atoms with E-state index in [1.54, 1.807) is 0 Å². The average Bonchev–Trinajstić information content (AvgIpc) is 2.48. The van der Waals surface area contributed by atoms with Crippen molar-refractivity contribution in [1.29, 1.82) is 0 Å². The minimum absolute atomic E-state index is 0.337. The maximum absolute atomic E-state index is 4.22. The van der Waals surface area contributed by atoms with Crippen LogP contribution in [0, 0.1) is 0 Å². The predicted molar refractivity (Wildman–Crippen MR) is 105 cm³/mol. The van der Waals surface area contributed by atoms with Crippen molar-refractivity contribution in [3.8, 4) is 0 Å². The van der Waals surface area contributed by atoms with Crippen molar-refractivity contribution >= 4 is 31.7 Å². The van der Waals surface area contributed by atoms with Gasteiger partial charge in [0.05, 0.1) is 0 Å². The van der Waals surface area contributed by atoms with Crippen LogP contribution in [-0.4, -0.2) is 12.1 Å². The Morgan fingerprint density at radius 3 is 1.27 bits per heavy atom. The van der Waals surface area contributed by atoms with Crippen LogP contribution >= 0.6 is 21.1 Å². The summed E-state index contributed by atoms with van der Waals surface area (Å²) < 4.78 is 0. The second kappa shape index (κ2) is 6.80.